The van der Waals surface area contributed by atoms with Crippen LogP contribution in [-0.2, 0) is 0 Å². The molecule has 3 nitrogen and oxygen atoms in total. The molecule has 1 heterocycles. The van der Waals surface area contributed by atoms with Crippen molar-refractivity contribution < 1.29 is 13.2 Å². The summed E-state index contributed by atoms with van der Waals surface area (Å²) in [4.78, 5) is 5.72. The first kappa shape index (κ1) is 13.5. The van der Waals surface area contributed by atoms with Crippen LogP contribution < -0.4 is 10.6 Å². The largest absolute Gasteiger partial charge is 0.369 e. The smallest absolute Gasteiger partial charge is 0.196 e. The molecular weight excluding hydrogens is 279 g/mol. The monoisotopic (exact) mass is 291 g/mol. The molecule has 0 fully saturated rings. The van der Waals surface area contributed by atoms with Crippen LogP contribution in [0.25, 0.3) is 0 Å². The fourth-order valence-corrected chi connectivity index (χ4v) is 2.41. The molecule has 108 valence electrons. The van der Waals surface area contributed by atoms with Crippen LogP contribution in [0, 0.1) is 17.5 Å². The number of halogens is 3. The van der Waals surface area contributed by atoms with Gasteiger partial charge in [0.25, 0.3) is 0 Å². The van der Waals surface area contributed by atoms with E-state index in [0.717, 1.165) is 12.1 Å². The highest BCUT2D eigenvalue weighted by Gasteiger charge is 2.29. The molecule has 6 heteroatoms. The van der Waals surface area contributed by atoms with E-state index in [9.17, 15) is 13.2 Å². The van der Waals surface area contributed by atoms with Gasteiger partial charge in [-0.1, -0.05) is 12.1 Å². The molecule has 1 aliphatic rings. The van der Waals surface area contributed by atoms with Gasteiger partial charge in [-0.05, 0) is 35.9 Å². The zero-order chi connectivity index (χ0) is 15.0. The number of benzene rings is 2. The number of anilines is 1. The van der Waals surface area contributed by atoms with Gasteiger partial charge in [-0.3, -0.25) is 4.99 Å². The molecular formula is C15H12F3N3. The zero-order valence-electron chi connectivity index (χ0n) is 10.9. The third kappa shape index (κ3) is 2.44. The van der Waals surface area contributed by atoms with Gasteiger partial charge in [-0.2, -0.15) is 0 Å². The van der Waals surface area contributed by atoms with Crippen molar-refractivity contribution >= 4 is 11.6 Å². The van der Waals surface area contributed by atoms with Crippen molar-refractivity contribution in [2.45, 2.75) is 6.04 Å². The molecule has 0 spiro atoms. The number of nitrogens with two attached hydrogens (primary N) is 1. The lowest BCUT2D eigenvalue weighted by molar-refractivity contribution is 0.505. The predicted molar refractivity (Wildman–Crippen MR) is 74.5 cm³/mol. The summed E-state index contributed by atoms with van der Waals surface area (Å²) >= 11 is 0. The van der Waals surface area contributed by atoms with Crippen LogP contribution >= 0.6 is 0 Å². The standard InChI is InChI=1S/C15H12F3N3/c16-10-2-1-3-11(7-10)21-14(8-20-15(21)19)9-4-5-12(17)13(18)6-9/h1-7,14H,8H2,(H2,19,20). The van der Waals surface area contributed by atoms with Crippen molar-refractivity contribution in [3.8, 4) is 0 Å². The third-order valence-corrected chi connectivity index (χ3v) is 3.40. The number of aliphatic imine (C=N–C) groups is 1. The lowest BCUT2D eigenvalue weighted by Crippen LogP contribution is -2.36. The zero-order valence-corrected chi connectivity index (χ0v) is 10.9. The molecule has 0 saturated heterocycles. The highest BCUT2D eigenvalue weighted by Crippen LogP contribution is 2.31. The van der Waals surface area contributed by atoms with Crippen molar-refractivity contribution in [3.05, 3.63) is 65.5 Å². The summed E-state index contributed by atoms with van der Waals surface area (Å²) < 4.78 is 39.8. The summed E-state index contributed by atoms with van der Waals surface area (Å²) in [5.41, 5.74) is 6.89. The second-order valence-corrected chi connectivity index (χ2v) is 4.74. The van der Waals surface area contributed by atoms with Crippen molar-refractivity contribution in [1.82, 2.24) is 0 Å². The molecule has 1 atom stereocenters. The quantitative estimate of drug-likeness (QED) is 0.924. The SMILES string of the molecule is NC1=NCC(c2ccc(F)c(F)c2)N1c1cccc(F)c1. The Morgan fingerprint density at radius 3 is 2.57 bits per heavy atom. The lowest BCUT2D eigenvalue weighted by atomic mass is 10.1. The summed E-state index contributed by atoms with van der Waals surface area (Å²) in [5, 5.41) is 0. The van der Waals surface area contributed by atoms with E-state index in [0.29, 0.717) is 17.8 Å². The Morgan fingerprint density at radius 1 is 1.05 bits per heavy atom. The average molecular weight is 291 g/mol. The molecule has 0 aliphatic carbocycles. The second-order valence-electron chi connectivity index (χ2n) is 4.74. The Hall–Kier alpha value is -2.50. The molecule has 1 unspecified atom stereocenters. The van der Waals surface area contributed by atoms with E-state index < -0.39 is 17.5 Å². The highest BCUT2D eigenvalue weighted by atomic mass is 19.2. The van der Waals surface area contributed by atoms with Gasteiger partial charge in [0.05, 0.1) is 12.6 Å². The van der Waals surface area contributed by atoms with Crippen LogP contribution in [0.3, 0.4) is 0 Å². The minimum absolute atomic E-state index is 0.218. The van der Waals surface area contributed by atoms with Gasteiger partial charge in [0.1, 0.15) is 5.82 Å². The van der Waals surface area contributed by atoms with Gasteiger partial charge >= 0.3 is 0 Å². The molecule has 0 bridgehead atoms. The fraction of sp³-hybridized carbons (Fsp3) is 0.133. The molecule has 0 saturated carbocycles. The molecule has 0 radical (unpaired) electrons. The minimum Gasteiger partial charge on any atom is -0.369 e. The second kappa shape index (κ2) is 5.12. The predicted octanol–water partition coefficient (Wildman–Crippen LogP) is 2.98. The van der Waals surface area contributed by atoms with Crippen molar-refractivity contribution in [1.29, 1.82) is 0 Å². The van der Waals surface area contributed by atoms with E-state index in [2.05, 4.69) is 4.99 Å². The molecule has 0 amide bonds. The summed E-state index contributed by atoms with van der Waals surface area (Å²) in [7, 11) is 0. The first-order valence-electron chi connectivity index (χ1n) is 6.36. The van der Waals surface area contributed by atoms with Gasteiger partial charge in [0.2, 0.25) is 0 Å². The van der Waals surface area contributed by atoms with Gasteiger partial charge < -0.3 is 10.6 Å². The normalized spacial score (nSPS) is 18.0. The van der Waals surface area contributed by atoms with Crippen LogP contribution in [0.2, 0.25) is 0 Å². The highest BCUT2D eigenvalue weighted by molar-refractivity contribution is 5.97. The Morgan fingerprint density at radius 2 is 1.86 bits per heavy atom. The van der Waals surface area contributed by atoms with E-state index in [1.165, 1.54) is 18.2 Å². The van der Waals surface area contributed by atoms with E-state index in [1.807, 2.05) is 0 Å². The third-order valence-electron chi connectivity index (χ3n) is 3.40. The maximum absolute atomic E-state index is 13.4. The fourth-order valence-electron chi connectivity index (χ4n) is 2.41. The number of hydrogen-bond donors (Lipinski definition) is 1. The Kier molecular flexibility index (Phi) is 3.29. The van der Waals surface area contributed by atoms with Gasteiger partial charge in [0.15, 0.2) is 17.6 Å². The van der Waals surface area contributed by atoms with Crippen LogP contribution in [-0.4, -0.2) is 12.5 Å². The van der Waals surface area contributed by atoms with Crippen molar-refractivity contribution in [3.63, 3.8) is 0 Å². The van der Waals surface area contributed by atoms with E-state index in [1.54, 1.807) is 17.0 Å². The molecule has 1 aliphatic heterocycles. The van der Waals surface area contributed by atoms with E-state index in [-0.39, 0.29) is 12.0 Å². The summed E-state index contributed by atoms with van der Waals surface area (Å²) in [6.07, 6.45) is 0. The Labute approximate surface area is 119 Å². The maximum atomic E-state index is 13.4. The average Bonchev–Trinajstić information content (AvgIpc) is 2.84. The van der Waals surface area contributed by atoms with Crippen LogP contribution in [0.5, 0.6) is 0 Å². The minimum atomic E-state index is -0.933. The molecule has 2 aromatic carbocycles. The molecule has 3 rings (SSSR count). The number of hydrogen-bond acceptors (Lipinski definition) is 3. The van der Waals surface area contributed by atoms with E-state index in [4.69, 9.17) is 5.73 Å². The van der Waals surface area contributed by atoms with E-state index >= 15 is 0 Å². The molecule has 2 aromatic rings. The first-order valence-corrected chi connectivity index (χ1v) is 6.36. The molecule has 0 aromatic heterocycles. The van der Waals surface area contributed by atoms with Gasteiger partial charge in [0, 0.05) is 5.69 Å². The van der Waals surface area contributed by atoms with Crippen LogP contribution in [0.15, 0.2) is 47.5 Å². The van der Waals surface area contributed by atoms with Crippen molar-refractivity contribution in [2.75, 3.05) is 11.4 Å². The van der Waals surface area contributed by atoms with Crippen molar-refractivity contribution in [2.24, 2.45) is 10.7 Å². The Balaban J connectivity index is 2.00. The van der Waals surface area contributed by atoms with Gasteiger partial charge in [-0.25, -0.2) is 13.2 Å². The van der Waals surface area contributed by atoms with Crippen LogP contribution in [0.1, 0.15) is 11.6 Å². The lowest BCUT2D eigenvalue weighted by Gasteiger charge is -2.26. The molecule has 2 N–H and O–H groups in total. The summed E-state index contributed by atoms with van der Waals surface area (Å²) in [5.74, 6) is -2.04. The van der Waals surface area contributed by atoms with Crippen LogP contribution in [0.4, 0.5) is 18.9 Å². The first-order chi connectivity index (χ1) is 10.1. The Bertz CT molecular complexity index is 715. The summed E-state index contributed by atoms with van der Waals surface area (Å²) in [6, 6.07) is 9.14. The number of rotatable bonds is 2. The molecule has 21 heavy (non-hydrogen) atoms. The van der Waals surface area contributed by atoms with Gasteiger partial charge in [-0.15, -0.1) is 0 Å². The number of guanidine groups is 1. The number of nitrogens with zero attached hydrogens (tertiary/aromatic N) is 2. The topological polar surface area (TPSA) is 41.6 Å². The maximum Gasteiger partial charge on any atom is 0.196 e. The summed E-state index contributed by atoms with van der Waals surface area (Å²) in [6.45, 7) is 0.299.